The third-order valence-corrected chi connectivity index (χ3v) is 6.67. The fourth-order valence-corrected chi connectivity index (χ4v) is 4.71. The van der Waals surface area contributed by atoms with Crippen LogP contribution < -0.4 is 10.6 Å². The van der Waals surface area contributed by atoms with Gasteiger partial charge in [-0.1, -0.05) is 6.92 Å². The van der Waals surface area contributed by atoms with Crippen molar-refractivity contribution in [3.63, 3.8) is 0 Å². The van der Waals surface area contributed by atoms with E-state index in [2.05, 4.69) is 30.6 Å². The number of carbonyl (C=O) groups is 1. The lowest BCUT2D eigenvalue weighted by Gasteiger charge is -2.21. The van der Waals surface area contributed by atoms with Crippen LogP contribution in [0, 0.1) is 5.82 Å². The molecule has 33 heavy (non-hydrogen) atoms. The van der Waals surface area contributed by atoms with Crippen LogP contribution in [0.1, 0.15) is 58.4 Å². The number of nitrogens with zero attached hydrogens (tertiary/aromatic N) is 3. The van der Waals surface area contributed by atoms with Crippen molar-refractivity contribution in [3.8, 4) is 11.3 Å². The van der Waals surface area contributed by atoms with Crippen molar-refractivity contribution in [3.05, 3.63) is 51.4 Å². The zero-order valence-corrected chi connectivity index (χ0v) is 18.7. The van der Waals surface area contributed by atoms with Gasteiger partial charge in [0.15, 0.2) is 11.6 Å². The van der Waals surface area contributed by atoms with Crippen LogP contribution in [0.2, 0.25) is 5.28 Å². The molecule has 4 heterocycles. The van der Waals surface area contributed by atoms with Crippen LogP contribution in [0.25, 0.3) is 11.3 Å². The van der Waals surface area contributed by atoms with Gasteiger partial charge in [0.1, 0.15) is 5.82 Å². The first kappa shape index (κ1) is 20.6. The second-order valence-electron chi connectivity index (χ2n) is 8.85. The van der Waals surface area contributed by atoms with Gasteiger partial charge in [-0.25, -0.2) is 19.3 Å². The molecule has 0 radical (unpaired) electrons. The molecule has 0 spiro atoms. The maximum atomic E-state index is 15.9. The number of anilines is 2. The van der Waals surface area contributed by atoms with Gasteiger partial charge in [-0.15, -0.1) is 0 Å². The second kappa shape index (κ2) is 7.78. The molecule has 1 fully saturated rings. The Labute approximate surface area is 194 Å². The van der Waals surface area contributed by atoms with Gasteiger partial charge in [0.2, 0.25) is 5.28 Å². The van der Waals surface area contributed by atoms with E-state index in [-0.39, 0.29) is 29.0 Å². The first-order chi connectivity index (χ1) is 16.0. The van der Waals surface area contributed by atoms with Gasteiger partial charge in [0.25, 0.3) is 5.91 Å². The van der Waals surface area contributed by atoms with Gasteiger partial charge in [-0.05, 0) is 48.4 Å². The molecule has 1 atom stereocenters. The highest BCUT2D eigenvalue weighted by molar-refractivity contribution is 6.28. The van der Waals surface area contributed by atoms with Gasteiger partial charge in [0, 0.05) is 41.7 Å². The van der Waals surface area contributed by atoms with Crippen molar-refractivity contribution in [2.24, 2.45) is 0 Å². The number of aromatic nitrogens is 4. The third kappa shape index (κ3) is 3.55. The number of carbonyl (C=O) groups excluding carboxylic acids is 1. The largest absolute Gasteiger partial charge is 0.373 e. The van der Waals surface area contributed by atoms with Crippen molar-refractivity contribution in [2.75, 3.05) is 11.9 Å². The van der Waals surface area contributed by atoms with E-state index >= 15 is 4.39 Å². The number of aryl methyl sites for hydroxylation is 1. The number of nitrogens with one attached hydrogen (secondary N) is 3. The SMILES string of the molecule is C[C@@H]1CNC(=O)c2c1[nH]c1c2CCc2cnc(Nc3nc(Cl)ncc3COC3CC3)c(F)c2-1. The molecule has 0 aromatic carbocycles. The number of hydrogen-bond acceptors (Lipinski definition) is 6. The van der Waals surface area contributed by atoms with Crippen LogP contribution in [-0.4, -0.2) is 38.5 Å². The molecule has 0 unspecified atom stereocenters. The normalized spacial score (nSPS) is 18.9. The Morgan fingerprint density at radius 2 is 2.06 bits per heavy atom. The average Bonchev–Trinajstić information content (AvgIpc) is 3.54. The van der Waals surface area contributed by atoms with E-state index in [1.54, 1.807) is 12.4 Å². The number of amides is 1. The number of pyridine rings is 1. The molecule has 3 aliphatic rings. The Morgan fingerprint density at radius 1 is 1.21 bits per heavy atom. The molecule has 10 heteroatoms. The Hall–Kier alpha value is -3.04. The molecular formula is C23H22ClFN6O2. The van der Waals surface area contributed by atoms with Gasteiger partial charge in [0.05, 0.1) is 24.0 Å². The summed E-state index contributed by atoms with van der Waals surface area (Å²) in [5.74, 6) is -0.0750. The highest BCUT2D eigenvalue weighted by atomic mass is 35.5. The van der Waals surface area contributed by atoms with Crippen molar-refractivity contribution >= 4 is 29.1 Å². The second-order valence-corrected chi connectivity index (χ2v) is 9.19. The summed E-state index contributed by atoms with van der Waals surface area (Å²) < 4.78 is 21.7. The first-order valence-corrected chi connectivity index (χ1v) is 11.5. The maximum Gasteiger partial charge on any atom is 0.253 e. The van der Waals surface area contributed by atoms with Crippen molar-refractivity contribution < 1.29 is 13.9 Å². The highest BCUT2D eigenvalue weighted by Gasteiger charge is 2.34. The average molecular weight is 469 g/mol. The van der Waals surface area contributed by atoms with Crippen LogP contribution in [0.4, 0.5) is 16.0 Å². The topological polar surface area (TPSA) is 105 Å². The van der Waals surface area contributed by atoms with Crippen molar-refractivity contribution in [1.29, 1.82) is 0 Å². The van der Waals surface area contributed by atoms with Crippen molar-refractivity contribution in [2.45, 2.75) is 51.2 Å². The summed E-state index contributed by atoms with van der Waals surface area (Å²) in [4.78, 5) is 28.5. The quantitative estimate of drug-likeness (QED) is 0.488. The molecule has 6 rings (SSSR count). The number of aromatic amines is 1. The standard InChI is InChI=1S/C23H22ClFN6O2/c1-10-6-27-22(32)16-14-5-2-11-7-26-21(17(25)15(11)19(14)29-18(10)16)30-20-12(8-28-23(24)31-20)9-33-13-3-4-13/h7-8,10,13,29H,2-6,9H2,1H3,(H,27,32)(H,26,28,30,31)/t10-/m1/s1. The predicted molar refractivity (Wildman–Crippen MR) is 120 cm³/mol. The van der Waals surface area contributed by atoms with E-state index in [0.29, 0.717) is 54.2 Å². The first-order valence-electron chi connectivity index (χ1n) is 11.1. The van der Waals surface area contributed by atoms with Gasteiger partial charge >= 0.3 is 0 Å². The Bertz CT molecular complexity index is 1290. The molecule has 1 aliphatic heterocycles. The number of rotatable bonds is 5. The summed E-state index contributed by atoms with van der Waals surface area (Å²) in [6, 6.07) is 0. The molecule has 3 aromatic heterocycles. The fourth-order valence-electron chi connectivity index (χ4n) is 4.57. The van der Waals surface area contributed by atoms with E-state index in [9.17, 15) is 4.79 Å². The lowest BCUT2D eigenvalue weighted by molar-refractivity contribution is 0.0940. The molecule has 0 saturated heterocycles. The Morgan fingerprint density at radius 3 is 2.88 bits per heavy atom. The van der Waals surface area contributed by atoms with E-state index in [1.807, 2.05) is 6.92 Å². The summed E-state index contributed by atoms with van der Waals surface area (Å²) in [6.45, 7) is 2.90. The van der Waals surface area contributed by atoms with Crippen LogP contribution in [0.5, 0.6) is 0 Å². The lowest BCUT2D eigenvalue weighted by atomic mass is 9.87. The van der Waals surface area contributed by atoms with Crippen molar-refractivity contribution in [1.82, 2.24) is 25.3 Å². The molecule has 2 aliphatic carbocycles. The number of hydrogen-bond donors (Lipinski definition) is 3. The minimum absolute atomic E-state index is 0.0362. The number of ether oxygens (including phenoxy) is 1. The van der Waals surface area contributed by atoms with E-state index < -0.39 is 5.82 Å². The zero-order chi connectivity index (χ0) is 22.7. The summed E-state index contributed by atoms with van der Waals surface area (Å²) in [5, 5.41) is 5.96. The van der Waals surface area contributed by atoms with Gasteiger partial charge < -0.3 is 20.4 Å². The van der Waals surface area contributed by atoms with Crippen LogP contribution in [0.3, 0.4) is 0 Å². The molecule has 3 N–H and O–H groups in total. The number of halogens is 2. The maximum absolute atomic E-state index is 15.9. The minimum Gasteiger partial charge on any atom is -0.373 e. The van der Waals surface area contributed by atoms with E-state index in [0.717, 1.165) is 29.7 Å². The van der Waals surface area contributed by atoms with Gasteiger partial charge in [-0.2, -0.15) is 0 Å². The summed E-state index contributed by atoms with van der Waals surface area (Å²) >= 11 is 6.01. The summed E-state index contributed by atoms with van der Waals surface area (Å²) in [6.07, 6.45) is 6.85. The molecule has 1 amide bonds. The molecule has 1 saturated carbocycles. The molecule has 170 valence electrons. The Kier molecular flexibility index (Phi) is 4.84. The predicted octanol–water partition coefficient (Wildman–Crippen LogP) is 4.03. The Balaban J connectivity index is 1.40. The molecular weight excluding hydrogens is 447 g/mol. The zero-order valence-electron chi connectivity index (χ0n) is 18.0. The number of fused-ring (bicyclic) bond motifs is 5. The van der Waals surface area contributed by atoms with Gasteiger partial charge in [-0.3, -0.25) is 4.79 Å². The monoisotopic (exact) mass is 468 g/mol. The molecule has 8 nitrogen and oxygen atoms in total. The molecule has 0 bridgehead atoms. The van der Waals surface area contributed by atoms with Crippen LogP contribution in [0.15, 0.2) is 12.4 Å². The highest BCUT2D eigenvalue weighted by Crippen LogP contribution is 2.42. The number of H-pyrrole nitrogens is 1. The minimum atomic E-state index is -0.496. The fraction of sp³-hybridized carbons (Fsp3) is 0.391. The van der Waals surface area contributed by atoms with Crippen LogP contribution >= 0.6 is 11.6 Å². The van der Waals surface area contributed by atoms with Crippen LogP contribution in [-0.2, 0) is 24.2 Å². The lowest BCUT2D eigenvalue weighted by Crippen LogP contribution is -2.34. The smallest absolute Gasteiger partial charge is 0.253 e. The third-order valence-electron chi connectivity index (χ3n) is 6.48. The molecule has 3 aromatic rings. The van der Waals surface area contributed by atoms with E-state index in [4.69, 9.17) is 16.3 Å². The summed E-state index contributed by atoms with van der Waals surface area (Å²) in [7, 11) is 0. The van der Waals surface area contributed by atoms with E-state index in [1.165, 1.54) is 0 Å². The summed E-state index contributed by atoms with van der Waals surface area (Å²) in [5.41, 5.74) is 4.96.